The standard InChI is InChI=1S/C10H14N2.2ClH/c1-2-7-12-8-9-5-3-4-6-10(9)11;;/h2-6,12H,1,7-8,11H2;2*1H. The second kappa shape index (κ2) is 8.88. The van der Waals surface area contributed by atoms with Crippen molar-refractivity contribution in [2.45, 2.75) is 6.54 Å². The van der Waals surface area contributed by atoms with Crippen LogP contribution in [0.4, 0.5) is 5.69 Å². The molecular formula is C10H16Cl2N2. The van der Waals surface area contributed by atoms with Crippen LogP contribution in [0.3, 0.4) is 0 Å². The summed E-state index contributed by atoms with van der Waals surface area (Å²) < 4.78 is 0. The second-order valence-corrected chi connectivity index (χ2v) is 2.62. The Bertz CT molecular complexity index is 264. The van der Waals surface area contributed by atoms with Gasteiger partial charge in [0.25, 0.3) is 0 Å². The average Bonchev–Trinajstić information content (AvgIpc) is 2.09. The number of anilines is 1. The summed E-state index contributed by atoms with van der Waals surface area (Å²) in [5.74, 6) is 0. The van der Waals surface area contributed by atoms with Crippen LogP contribution in [0.2, 0.25) is 0 Å². The fraction of sp³-hybridized carbons (Fsp3) is 0.200. The van der Waals surface area contributed by atoms with Crippen LogP contribution in [0, 0.1) is 0 Å². The Morgan fingerprint density at radius 3 is 2.50 bits per heavy atom. The maximum Gasteiger partial charge on any atom is 0.0359 e. The molecule has 0 aliphatic carbocycles. The molecule has 1 rings (SSSR count). The monoisotopic (exact) mass is 234 g/mol. The number of hydrogen-bond acceptors (Lipinski definition) is 2. The summed E-state index contributed by atoms with van der Waals surface area (Å²) in [7, 11) is 0. The van der Waals surface area contributed by atoms with E-state index in [1.807, 2.05) is 30.3 Å². The van der Waals surface area contributed by atoms with Crippen LogP contribution in [0.5, 0.6) is 0 Å². The third kappa shape index (κ3) is 5.12. The smallest absolute Gasteiger partial charge is 0.0359 e. The van der Waals surface area contributed by atoms with Gasteiger partial charge in [0.15, 0.2) is 0 Å². The van der Waals surface area contributed by atoms with Crippen molar-refractivity contribution in [3.63, 3.8) is 0 Å². The molecule has 1 aromatic carbocycles. The van der Waals surface area contributed by atoms with Crippen molar-refractivity contribution < 1.29 is 0 Å². The van der Waals surface area contributed by atoms with Crippen molar-refractivity contribution >= 4 is 30.5 Å². The Kier molecular flexibility index (Phi) is 9.99. The van der Waals surface area contributed by atoms with Gasteiger partial charge in [-0.25, -0.2) is 0 Å². The van der Waals surface area contributed by atoms with Gasteiger partial charge in [0.2, 0.25) is 0 Å². The van der Waals surface area contributed by atoms with E-state index in [2.05, 4.69) is 11.9 Å². The lowest BCUT2D eigenvalue weighted by Crippen LogP contribution is -2.13. The normalized spacial score (nSPS) is 8.29. The van der Waals surface area contributed by atoms with Crippen LogP contribution in [-0.4, -0.2) is 6.54 Å². The number of nitrogen functional groups attached to an aromatic ring is 1. The molecule has 0 saturated heterocycles. The molecule has 0 aromatic heterocycles. The zero-order chi connectivity index (χ0) is 8.81. The zero-order valence-corrected chi connectivity index (χ0v) is 9.53. The van der Waals surface area contributed by atoms with E-state index >= 15 is 0 Å². The van der Waals surface area contributed by atoms with Crippen molar-refractivity contribution in [2.75, 3.05) is 12.3 Å². The first-order valence-corrected chi connectivity index (χ1v) is 3.99. The molecule has 80 valence electrons. The Labute approximate surface area is 97.4 Å². The van der Waals surface area contributed by atoms with Gasteiger partial charge in [-0.2, -0.15) is 0 Å². The predicted octanol–water partition coefficient (Wildman–Crippen LogP) is 2.39. The van der Waals surface area contributed by atoms with Crippen LogP contribution in [0.1, 0.15) is 5.56 Å². The highest BCUT2D eigenvalue weighted by Crippen LogP contribution is 2.09. The van der Waals surface area contributed by atoms with E-state index in [1.54, 1.807) is 0 Å². The summed E-state index contributed by atoms with van der Waals surface area (Å²) in [4.78, 5) is 0. The van der Waals surface area contributed by atoms with Crippen LogP contribution in [0.25, 0.3) is 0 Å². The molecule has 1 aromatic rings. The van der Waals surface area contributed by atoms with E-state index in [4.69, 9.17) is 5.73 Å². The van der Waals surface area contributed by atoms with Gasteiger partial charge in [0.1, 0.15) is 0 Å². The number of nitrogens with two attached hydrogens (primary N) is 1. The summed E-state index contributed by atoms with van der Waals surface area (Å²) in [5, 5.41) is 3.19. The number of halogens is 2. The van der Waals surface area contributed by atoms with Gasteiger partial charge < -0.3 is 11.1 Å². The van der Waals surface area contributed by atoms with Gasteiger partial charge in [-0.1, -0.05) is 24.3 Å². The van der Waals surface area contributed by atoms with Crippen LogP contribution in [0.15, 0.2) is 36.9 Å². The molecule has 2 nitrogen and oxygen atoms in total. The van der Waals surface area contributed by atoms with Crippen LogP contribution in [-0.2, 0) is 6.54 Å². The summed E-state index contributed by atoms with van der Waals surface area (Å²) in [5.41, 5.74) is 7.72. The predicted molar refractivity (Wildman–Crippen MR) is 67.3 cm³/mol. The molecule has 0 aliphatic rings. The van der Waals surface area contributed by atoms with Crippen molar-refractivity contribution in [3.8, 4) is 0 Å². The van der Waals surface area contributed by atoms with E-state index in [0.29, 0.717) is 0 Å². The molecule has 0 unspecified atom stereocenters. The molecule has 0 heterocycles. The quantitative estimate of drug-likeness (QED) is 0.477. The summed E-state index contributed by atoms with van der Waals surface area (Å²) in [6.07, 6.45) is 1.83. The van der Waals surface area contributed by atoms with Crippen molar-refractivity contribution in [1.29, 1.82) is 0 Å². The van der Waals surface area contributed by atoms with Crippen molar-refractivity contribution in [3.05, 3.63) is 42.5 Å². The molecular weight excluding hydrogens is 219 g/mol. The Morgan fingerprint density at radius 1 is 1.29 bits per heavy atom. The Morgan fingerprint density at radius 2 is 1.93 bits per heavy atom. The lowest BCUT2D eigenvalue weighted by Gasteiger charge is -2.04. The first-order chi connectivity index (χ1) is 5.84. The zero-order valence-electron chi connectivity index (χ0n) is 7.90. The van der Waals surface area contributed by atoms with Gasteiger partial charge in [0, 0.05) is 18.8 Å². The number of nitrogens with one attached hydrogen (secondary N) is 1. The van der Waals surface area contributed by atoms with Crippen molar-refractivity contribution in [2.24, 2.45) is 0 Å². The molecule has 3 N–H and O–H groups in total. The molecule has 0 radical (unpaired) electrons. The summed E-state index contributed by atoms with van der Waals surface area (Å²) in [6.45, 7) is 5.24. The molecule has 4 heteroatoms. The van der Waals surface area contributed by atoms with E-state index in [0.717, 1.165) is 24.3 Å². The SMILES string of the molecule is C=CCNCc1ccccc1N.Cl.Cl. The molecule has 0 aliphatic heterocycles. The molecule has 0 spiro atoms. The summed E-state index contributed by atoms with van der Waals surface area (Å²) in [6, 6.07) is 7.85. The molecule has 14 heavy (non-hydrogen) atoms. The number of hydrogen-bond donors (Lipinski definition) is 2. The topological polar surface area (TPSA) is 38.0 Å². The van der Waals surface area contributed by atoms with Crippen LogP contribution < -0.4 is 11.1 Å². The minimum Gasteiger partial charge on any atom is -0.398 e. The molecule has 0 fully saturated rings. The Balaban J connectivity index is 0. The highest BCUT2D eigenvalue weighted by Gasteiger charge is 1.94. The van der Waals surface area contributed by atoms with Crippen molar-refractivity contribution in [1.82, 2.24) is 5.32 Å². The minimum atomic E-state index is 0. The highest BCUT2D eigenvalue weighted by molar-refractivity contribution is 5.85. The van der Waals surface area contributed by atoms with Gasteiger partial charge >= 0.3 is 0 Å². The second-order valence-electron chi connectivity index (χ2n) is 2.62. The first kappa shape index (κ1) is 15.8. The molecule has 0 saturated carbocycles. The number of rotatable bonds is 4. The van der Waals surface area contributed by atoms with Gasteiger partial charge in [-0.15, -0.1) is 31.4 Å². The van der Waals surface area contributed by atoms with E-state index in [1.165, 1.54) is 0 Å². The Hall–Kier alpha value is -0.700. The number of benzene rings is 1. The van der Waals surface area contributed by atoms with Gasteiger partial charge in [0.05, 0.1) is 0 Å². The van der Waals surface area contributed by atoms with E-state index < -0.39 is 0 Å². The first-order valence-electron chi connectivity index (χ1n) is 3.99. The van der Waals surface area contributed by atoms with Crippen LogP contribution >= 0.6 is 24.8 Å². The molecule has 0 atom stereocenters. The average molecular weight is 235 g/mol. The lowest BCUT2D eigenvalue weighted by molar-refractivity contribution is 0.762. The number of para-hydroxylation sites is 1. The third-order valence-electron chi connectivity index (χ3n) is 1.66. The molecule has 0 bridgehead atoms. The third-order valence-corrected chi connectivity index (χ3v) is 1.66. The maximum absolute atomic E-state index is 5.74. The molecule has 0 amide bonds. The van der Waals surface area contributed by atoms with E-state index in [9.17, 15) is 0 Å². The minimum absolute atomic E-state index is 0. The van der Waals surface area contributed by atoms with Gasteiger partial charge in [-0.05, 0) is 11.6 Å². The lowest BCUT2D eigenvalue weighted by atomic mass is 10.2. The van der Waals surface area contributed by atoms with E-state index in [-0.39, 0.29) is 24.8 Å². The fourth-order valence-electron chi connectivity index (χ4n) is 1.00. The highest BCUT2D eigenvalue weighted by atomic mass is 35.5. The largest absolute Gasteiger partial charge is 0.398 e. The maximum atomic E-state index is 5.74. The summed E-state index contributed by atoms with van der Waals surface area (Å²) >= 11 is 0. The fourth-order valence-corrected chi connectivity index (χ4v) is 1.00. The van der Waals surface area contributed by atoms with Gasteiger partial charge in [-0.3, -0.25) is 0 Å².